The maximum atomic E-state index is 9.34. The summed E-state index contributed by atoms with van der Waals surface area (Å²) in [6.07, 6.45) is 5.37. The molecular formula is C26H32OSi. The van der Waals surface area contributed by atoms with E-state index in [0.29, 0.717) is 5.92 Å². The van der Waals surface area contributed by atoms with Crippen LogP contribution in [0.15, 0.2) is 59.3 Å². The molecule has 146 valence electrons. The number of benzene rings is 2. The zero-order valence-corrected chi connectivity index (χ0v) is 18.7. The molecule has 0 heterocycles. The zero-order valence-electron chi connectivity index (χ0n) is 17.7. The van der Waals surface area contributed by atoms with Crippen LogP contribution in [-0.2, 0) is 0 Å². The third-order valence-corrected chi connectivity index (χ3v) is 10.7. The van der Waals surface area contributed by atoms with Crippen molar-refractivity contribution in [3.05, 3.63) is 76.0 Å². The first kappa shape index (κ1) is 19.4. The Morgan fingerprint density at radius 2 is 1.79 bits per heavy atom. The van der Waals surface area contributed by atoms with E-state index >= 15 is 0 Å². The van der Waals surface area contributed by atoms with Crippen molar-refractivity contribution in [1.82, 2.24) is 0 Å². The molecule has 2 heteroatoms. The van der Waals surface area contributed by atoms with Gasteiger partial charge in [0.25, 0.3) is 0 Å². The quantitative estimate of drug-likeness (QED) is 0.531. The SMILES string of the molecule is CC[Si](C)(C)C1=C(c2ccc3c(c2)C(C)c2ccccc2-3)CC=C1CCCO. The maximum Gasteiger partial charge on any atom is 0.0811 e. The van der Waals surface area contributed by atoms with Gasteiger partial charge in [-0.1, -0.05) is 92.3 Å². The Balaban J connectivity index is 1.79. The lowest BCUT2D eigenvalue weighted by molar-refractivity contribution is 0.289. The predicted octanol–water partition coefficient (Wildman–Crippen LogP) is 6.94. The van der Waals surface area contributed by atoms with Gasteiger partial charge in [0.2, 0.25) is 0 Å². The molecule has 1 atom stereocenters. The standard InChI is InChI=1S/C26H32OSi/c1-5-28(3,4)26-19(9-8-16-27)12-14-22(26)20-13-15-24-23-11-7-6-10-21(23)18(2)25(24)17-20/h6-7,10-13,15,17-18,27H,5,8-9,14,16H2,1-4H3. The summed E-state index contributed by atoms with van der Waals surface area (Å²) in [5.41, 5.74) is 10.2. The molecule has 0 aliphatic heterocycles. The predicted molar refractivity (Wildman–Crippen MR) is 123 cm³/mol. The molecule has 0 fully saturated rings. The van der Waals surface area contributed by atoms with E-state index in [1.807, 2.05) is 0 Å². The highest BCUT2D eigenvalue weighted by Crippen LogP contribution is 2.47. The monoisotopic (exact) mass is 388 g/mol. The van der Waals surface area contributed by atoms with E-state index in [-0.39, 0.29) is 6.61 Å². The molecular weight excluding hydrogens is 356 g/mol. The number of hydrogen-bond acceptors (Lipinski definition) is 1. The Labute approximate surface area is 170 Å². The van der Waals surface area contributed by atoms with E-state index in [4.69, 9.17) is 0 Å². The molecule has 0 bridgehead atoms. The van der Waals surface area contributed by atoms with Crippen LogP contribution in [0, 0.1) is 0 Å². The van der Waals surface area contributed by atoms with Crippen molar-refractivity contribution < 1.29 is 5.11 Å². The molecule has 1 nitrogen and oxygen atoms in total. The molecule has 2 aliphatic rings. The molecule has 0 aromatic heterocycles. The molecule has 2 aromatic carbocycles. The zero-order chi connectivity index (χ0) is 19.9. The highest BCUT2D eigenvalue weighted by molar-refractivity contribution is 6.86. The number of fused-ring (bicyclic) bond motifs is 3. The first-order chi connectivity index (χ1) is 13.5. The van der Waals surface area contributed by atoms with Crippen LogP contribution in [0.25, 0.3) is 16.7 Å². The second kappa shape index (κ2) is 7.49. The molecule has 1 unspecified atom stereocenters. The smallest absolute Gasteiger partial charge is 0.0811 e. The maximum absolute atomic E-state index is 9.34. The fourth-order valence-corrected chi connectivity index (χ4v) is 7.56. The second-order valence-electron chi connectivity index (χ2n) is 8.96. The van der Waals surface area contributed by atoms with Crippen LogP contribution >= 0.6 is 0 Å². The summed E-state index contributed by atoms with van der Waals surface area (Å²) >= 11 is 0. The van der Waals surface area contributed by atoms with Crippen molar-refractivity contribution in [2.45, 2.75) is 58.2 Å². The Bertz CT molecular complexity index is 964. The largest absolute Gasteiger partial charge is 0.396 e. The van der Waals surface area contributed by atoms with Gasteiger partial charge >= 0.3 is 0 Å². The van der Waals surface area contributed by atoms with Gasteiger partial charge < -0.3 is 5.11 Å². The summed E-state index contributed by atoms with van der Waals surface area (Å²) in [6, 6.07) is 17.3. The minimum absolute atomic E-state index is 0.280. The van der Waals surface area contributed by atoms with Gasteiger partial charge in [-0.25, -0.2) is 0 Å². The van der Waals surface area contributed by atoms with E-state index in [9.17, 15) is 5.11 Å². The summed E-state index contributed by atoms with van der Waals surface area (Å²) in [7, 11) is -1.48. The average Bonchev–Trinajstić information content (AvgIpc) is 3.27. The van der Waals surface area contributed by atoms with Crippen molar-refractivity contribution in [3.8, 4) is 11.1 Å². The molecule has 28 heavy (non-hydrogen) atoms. The van der Waals surface area contributed by atoms with E-state index in [2.05, 4.69) is 75.5 Å². The third kappa shape index (κ3) is 3.13. The van der Waals surface area contributed by atoms with Crippen molar-refractivity contribution in [3.63, 3.8) is 0 Å². The fourth-order valence-electron chi connectivity index (χ4n) is 5.04. The fraction of sp³-hybridized carbons (Fsp3) is 0.385. The number of allylic oxidation sites excluding steroid dienone is 4. The number of rotatable bonds is 6. The van der Waals surface area contributed by atoms with Gasteiger partial charge in [0, 0.05) is 12.5 Å². The van der Waals surface area contributed by atoms with Crippen molar-refractivity contribution in [2.24, 2.45) is 0 Å². The van der Waals surface area contributed by atoms with Crippen molar-refractivity contribution in [1.29, 1.82) is 0 Å². The minimum Gasteiger partial charge on any atom is -0.396 e. The highest BCUT2D eigenvalue weighted by atomic mass is 28.3. The number of aliphatic hydroxyl groups is 1. The molecule has 4 rings (SSSR count). The van der Waals surface area contributed by atoms with Gasteiger partial charge in [-0.2, -0.15) is 0 Å². The van der Waals surface area contributed by atoms with Gasteiger partial charge in [-0.3, -0.25) is 0 Å². The molecule has 1 N–H and O–H groups in total. The first-order valence-electron chi connectivity index (χ1n) is 10.8. The second-order valence-corrected chi connectivity index (χ2v) is 13.9. The molecule has 0 spiro atoms. The minimum atomic E-state index is -1.48. The number of hydrogen-bond donors (Lipinski definition) is 1. The molecule has 2 aliphatic carbocycles. The van der Waals surface area contributed by atoms with Gasteiger partial charge in [-0.15, -0.1) is 0 Å². The Hall–Kier alpha value is -1.90. The van der Waals surface area contributed by atoms with Crippen LogP contribution in [0.1, 0.15) is 55.7 Å². The van der Waals surface area contributed by atoms with Crippen LogP contribution < -0.4 is 0 Å². The van der Waals surface area contributed by atoms with E-state index in [1.54, 1.807) is 10.8 Å². The molecule has 2 aromatic rings. The van der Waals surface area contributed by atoms with E-state index < -0.39 is 8.07 Å². The van der Waals surface area contributed by atoms with Crippen LogP contribution in [0.5, 0.6) is 0 Å². The molecule has 0 radical (unpaired) electrons. The summed E-state index contributed by atoms with van der Waals surface area (Å²) in [4.78, 5) is 0. The lowest BCUT2D eigenvalue weighted by Crippen LogP contribution is -2.29. The Kier molecular flexibility index (Phi) is 5.20. The molecule has 0 saturated carbocycles. The van der Waals surface area contributed by atoms with Crippen LogP contribution in [0.3, 0.4) is 0 Å². The van der Waals surface area contributed by atoms with Crippen LogP contribution in [0.4, 0.5) is 0 Å². The normalized spacial score (nSPS) is 18.3. The Morgan fingerprint density at radius 1 is 1.04 bits per heavy atom. The molecule has 0 saturated heterocycles. The van der Waals surface area contributed by atoms with Crippen molar-refractivity contribution in [2.75, 3.05) is 6.61 Å². The van der Waals surface area contributed by atoms with Gasteiger partial charge in [0.15, 0.2) is 0 Å². The average molecular weight is 389 g/mol. The molecule has 0 amide bonds. The van der Waals surface area contributed by atoms with E-state index in [1.165, 1.54) is 39.4 Å². The Morgan fingerprint density at radius 3 is 2.54 bits per heavy atom. The topological polar surface area (TPSA) is 20.2 Å². The summed E-state index contributed by atoms with van der Waals surface area (Å²) in [5.74, 6) is 0.467. The van der Waals surface area contributed by atoms with Gasteiger partial charge in [0.05, 0.1) is 8.07 Å². The van der Waals surface area contributed by atoms with Gasteiger partial charge in [-0.05, 0) is 52.7 Å². The first-order valence-corrected chi connectivity index (χ1v) is 14.0. The number of aliphatic hydroxyl groups excluding tert-OH is 1. The summed E-state index contributed by atoms with van der Waals surface area (Å²) in [6.45, 7) is 9.98. The van der Waals surface area contributed by atoms with Crippen molar-refractivity contribution >= 4 is 13.6 Å². The summed E-state index contributed by atoms with van der Waals surface area (Å²) < 4.78 is 0. The van der Waals surface area contributed by atoms with Gasteiger partial charge in [0.1, 0.15) is 0 Å². The highest BCUT2D eigenvalue weighted by Gasteiger charge is 2.33. The lowest BCUT2D eigenvalue weighted by Gasteiger charge is -2.27. The lowest BCUT2D eigenvalue weighted by atomic mass is 9.95. The van der Waals surface area contributed by atoms with Crippen LogP contribution in [0.2, 0.25) is 19.1 Å². The van der Waals surface area contributed by atoms with Crippen LogP contribution in [-0.4, -0.2) is 19.8 Å². The third-order valence-electron chi connectivity index (χ3n) is 6.92. The van der Waals surface area contributed by atoms with E-state index in [0.717, 1.165) is 19.3 Å². The summed E-state index contributed by atoms with van der Waals surface area (Å²) in [5, 5.41) is 11.0.